The van der Waals surface area contributed by atoms with Crippen LogP contribution >= 0.6 is 11.6 Å². The number of nitrogens with one attached hydrogen (secondary N) is 1. The summed E-state index contributed by atoms with van der Waals surface area (Å²) >= 11 is 6.16. The van der Waals surface area contributed by atoms with Crippen molar-refractivity contribution in [2.75, 3.05) is 10.6 Å². The zero-order chi connectivity index (χ0) is 28.7. The number of benzene rings is 4. The van der Waals surface area contributed by atoms with Gasteiger partial charge < -0.3 is 4.74 Å². The number of amides is 1. The van der Waals surface area contributed by atoms with Crippen molar-refractivity contribution in [1.29, 1.82) is 0 Å². The highest BCUT2D eigenvalue weighted by Crippen LogP contribution is 2.24. The van der Waals surface area contributed by atoms with Crippen LogP contribution in [0.5, 0.6) is 5.75 Å². The van der Waals surface area contributed by atoms with Gasteiger partial charge in [0.25, 0.3) is 5.91 Å². The molecule has 0 heterocycles. The molecule has 0 spiro atoms. The third-order valence-corrected chi connectivity index (χ3v) is 7.84. The minimum absolute atomic E-state index is 0.152. The van der Waals surface area contributed by atoms with Crippen LogP contribution in [-0.4, -0.2) is 26.8 Å². The molecule has 7 nitrogen and oxygen atoms in total. The molecule has 0 unspecified atom stereocenters. The minimum Gasteiger partial charge on any atom is -0.489 e. The molecule has 1 amide bonds. The van der Waals surface area contributed by atoms with Gasteiger partial charge in [-0.25, -0.2) is 13.8 Å². The van der Waals surface area contributed by atoms with E-state index in [2.05, 4.69) is 10.5 Å². The van der Waals surface area contributed by atoms with Crippen molar-refractivity contribution in [2.45, 2.75) is 27.0 Å². The van der Waals surface area contributed by atoms with E-state index in [1.54, 1.807) is 30.3 Å². The first kappa shape index (κ1) is 28.9. The first-order valence-electron chi connectivity index (χ1n) is 12.5. The number of ether oxygens (including phenoxy) is 1. The highest BCUT2D eigenvalue weighted by atomic mass is 35.5. The molecule has 0 fully saturated rings. The van der Waals surface area contributed by atoms with Crippen molar-refractivity contribution in [2.24, 2.45) is 5.10 Å². The van der Waals surface area contributed by atoms with Crippen molar-refractivity contribution in [3.05, 3.63) is 129 Å². The lowest BCUT2D eigenvalue weighted by molar-refractivity contribution is 0.0955. The fraction of sp³-hybridized carbons (Fsp3) is 0.161. The Morgan fingerprint density at radius 3 is 2.30 bits per heavy atom. The number of aryl methyl sites for hydroxylation is 2. The Kier molecular flexibility index (Phi) is 9.24. The Morgan fingerprint density at radius 1 is 0.950 bits per heavy atom. The van der Waals surface area contributed by atoms with Crippen LogP contribution in [0.2, 0.25) is 5.02 Å². The monoisotopic (exact) mass is 575 g/mol. The lowest BCUT2D eigenvalue weighted by atomic mass is 10.1. The van der Waals surface area contributed by atoms with Crippen LogP contribution in [0, 0.1) is 13.8 Å². The van der Waals surface area contributed by atoms with Crippen molar-refractivity contribution in [3.63, 3.8) is 0 Å². The fourth-order valence-corrected chi connectivity index (χ4v) is 4.94. The van der Waals surface area contributed by atoms with Crippen LogP contribution in [0.1, 0.15) is 38.2 Å². The van der Waals surface area contributed by atoms with E-state index in [1.165, 1.54) is 16.8 Å². The fourth-order valence-electron chi connectivity index (χ4n) is 3.86. The summed E-state index contributed by atoms with van der Waals surface area (Å²) in [5.74, 6) is 0.310. The molecule has 1 N–H and O–H groups in total. The molecular weight excluding hydrogens is 546 g/mol. The molecule has 0 atom stereocenters. The van der Waals surface area contributed by atoms with Crippen LogP contribution in [0.15, 0.2) is 96.1 Å². The molecule has 4 rings (SSSR count). The second-order valence-corrected chi connectivity index (χ2v) is 11.7. The van der Waals surface area contributed by atoms with E-state index in [0.717, 1.165) is 27.8 Å². The van der Waals surface area contributed by atoms with Gasteiger partial charge in [0.2, 0.25) is 10.0 Å². The smallest absolute Gasteiger partial charge is 0.271 e. The van der Waals surface area contributed by atoms with E-state index in [1.807, 2.05) is 74.5 Å². The van der Waals surface area contributed by atoms with Crippen molar-refractivity contribution in [1.82, 2.24) is 5.43 Å². The van der Waals surface area contributed by atoms with Crippen LogP contribution in [0.4, 0.5) is 5.69 Å². The van der Waals surface area contributed by atoms with Gasteiger partial charge >= 0.3 is 0 Å². The highest BCUT2D eigenvalue weighted by Gasteiger charge is 2.18. The van der Waals surface area contributed by atoms with Gasteiger partial charge in [-0.3, -0.25) is 9.10 Å². The molecule has 4 aromatic rings. The summed E-state index contributed by atoms with van der Waals surface area (Å²) in [6.07, 6.45) is 2.72. The molecule has 0 radical (unpaired) electrons. The average Bonchev–Trinajstić information content (AvgIpc) is 2.93. The van der Waals surface area contributed by atoms with Crippen molar-refractivity contribution >= 4 is 39.4 Å². The zero-order valence-corrected chi connectivity index (χ0v) is 24.0. The van der Waals surface area contributed by atoms with Gasteiger partial charge in [-0.05, 0) is 90.7 Å². The van der Waals surface area contributed by atoms with Gasteiger partial charge in [-0.2, -0.15) is 5.10 Å². The Bertz CT molecular complexity index is 1620. The van der Waals surface area contributed by atoms with E-state index in [0.29, 0.717) is 28.6 Å². The standard InChI is InChI=1S/C31H30ClN3O4S/c1-22-8-15-28(18-23(22)2)35(40(3,37)38)20-25-9-13-26(14-10-25)31(36)34-33-19-24-11-16-29(17-12-24)39-21-27-6-4-5-7-30(27)32/h4-19H,20-21H2,1-3H3,(H,34,36)/b33-19-. The van der Waals surface area contributed by atoms with E-state index in [4.69, 9.17) is 16.3 Å². The van der Waals surface area contributed by atoms with Gasteiger partial charge in [-0.1, -0.05) is 48.0 Å². The third-order valence-electron chi connectivity index (χ3n) is 6.33. The van der Waals surface area contributed by atoms with E-state index in [9.17, 15) is 13.2 Å². The van der Waals surface area contributed by atoms with E-state index in [-0.39, 0.29) is 12.5 Å². The number of nitrogens with zero attached hydrogens (tertiary/aromatic N) is 2. The second-order valence-electron chi connectivity index (χ2n) is 9.38. The molecule has 40 heavy (non-hydrogen) atoms. The van der Waals surface area contributed by atoms with Gasteiger partial charge in [0.15, 0.2) is 0 Å². The maximum Gasteiger partial charge on any atom is 0.271 e. The molecule has 0 saturated heterocycles. The summed E-state index contributed by atoms with van der Waals surface area (Å²) < 4.78 is 32.1. The van der Waals surface area contributed by atoms with E-state index < -0.39 is 10.0 Å². The zero-order valence-electron chi connectivity index (χ0n) is 22.5. The summed E-state index contributed by atoms with van der Waals surface area (Å²) in [6.45, 7) is 4.44. The van der Waals surface area contributed by atoms with Gasteiger partial charge in [-0.15, -0.1) is 0 Å². The third kappa shape index (κ3) is 7.71. The molecular formula is C31H30ClN3O4S. The van der Waals surface area contributed by atoms with Gasteiger partial charge in [0.05, 0.1) is 24.7 Å². The number of rotatable bonds is 10. The maximum absolute atomic E-state index is 12.6. The molecule has 0 aromatic heterocycles. The minimum atomic E-state index is -3.51. The average molecular weight is 576 g/mol. The number of hydrogen-bond acceptors (Lipinski definition) is 5. The summed E-state index contributed by atoms with van der Waals surface area (Å²) in [4.78, 5) is 12.6. The molecule has 4 aromatic carbocycles. The molecule has 0 aliphatic heterocycles. The van der Waals surface area contributed by atoms with Gasteiger partial charge in [0.1, 0.15) is 12.4 Å². The number of anilines is 1. The number of halogens is 1. The number of hydrazone groups is 1. The normalized spacial score (nSPS) is 11.4. The predicted molar refractivity (Wildman–Crippen MR) is 161 cm³/mol. The topological polar surface area (TPSA) is 88.1 Å². The Balaban J connectivity index is 1.33. The van der Waals surface area contributed by atoms with Gasteiger partial charge in [0, 0.05) is 16.1 Å². The molecule has 9 heteroatoms. The first-order chi connectivity index (χ1) is 19.1. The summed E-state index contributed by atoms with van der Waals surface area (Å²) in [5, 5.41) is 4.70. The summed E-state index contributed by atoms with van der Waals surface area (Å²) in [6, 6.07) is 27.1. The molecule has 0 bridgehead atoms. The Labute approximate surface area is 240 Å². The molecule has 206 valence electrons. The van der Waals surface area contributed by atoms with Crippen LogP contribution in [0.25, 0.3) is 0 Å². The number of carbonyl (C=O) groups excluding carboxylic acids is 1. The maximum atomic E-state index is 12.6. The Morgan fingerprint density at radius 2 is 1.65 bits per heavy atom. The second kappa shape index (κ2) is 12.8. The number of carbonyl (C=O) groups is 1. The largest absolute Gasteiger partial charge is 0.489 e. The molecule has 0 aliphatic carbocycles. The quantitative estimate of drug-likeness (QED) is 0.178. The number of hydrogen-bond donors (Lipinski definition) is 1. The Hall–Kier alpha value is -4.14. The number of sulfonamides is 1. The van der Waals surface area contributed by atoms with Crippen LogP contribution < -0.4 is 14.5 Å². The first-order valence-corrected chi connectivity index (χ1v) is 14.8. The van der Waals surface area contributed by atoms with Crippen molar-refractivity contribution < 1.29 is 17.9 Å². The predicted octanol–water partition coefficient (Wildman–Crippen LogP) is 6.27. The summed E-state index contributed by atoms with van der Waals surface area (Å²) in [5.41, 5.74) is 8.06. The SMILES string of the molecule is Cc1ccc(N(Cc2ccc(C(=O)N/N=C\c3ccc(OCc4ccccc4Cl)cc3)cc2)S(C)(=O)=O)cc1C. The lowest BCUT2D eigenvalue weighted by Crippen LogP contribution is -2.29. The highest BCUT2D eigenvalue weighted by molar-refractivity contribution is 7.92. The van der Waals surface area contributed by atoms with Crippen LogP contribution in [-0.2, 0) is 23.2 Å². The van der Waals surface area contributed by atoms with Crippen LogP contribution in [0.3, 0.4) is 0 Å². The lowest BCUT2D eigenvalue weighted by Gasteiger charge is -2.23. The van der Waals surface area contributed by atoms with E-state index >= 15 is 0 Å². The molecule has 0 saturated carbocycles. The molecule has 0 aliphatic rings. The van der Waals surface area contributed by atoms with Crippen molar-refractivity contribution in [3.8, 4) is 5.75 Å². The summed E-state index contributed by atoms with van der Waals surface area (Å²) in [7, 11) is -3.51.